The lowest BCUT2D eigenvalue weighted by atomic mass is 9.88. The van der Waals surface area contributed by atoms with Crippen LogP contribution in [0.5, 0.6) is 0 Å². The van der Waals surface area contributed by atoms with Gasteiger partial charge in [-0.05, 0) is 64.9 Å². The van der Waals surface area contributed by atoms with Crippen LogP contribution in [-0.2, 0) is 0 Å². The molecule has 1 heterocycles. The van der Waals surface area contributed by atoms with E-state index in [9.17, 15) is 4.39 Å². The Morgan fingerprint density at radius 3 is 2.76 bits per heavy atom. The minimum Gasteiger partial charge on any atom is -0.319 e. The van der Waals surface area contributed by atoms with Crippen molar-refractivity contribution in [2.75, 3.05) is 20.1 Å². The van der Waals surface area contributed by atoms with Gasteiger partial charge in [-0.15, -0.1) is 0 Å². The van der Waals surface area contributed by atoms with Crippen molar-refractivity contribution < 1.29 is 4.39 Å². The Balaban J connectivity index is 2.42. The van der Waals surface area contributed by atoms with E-state index in [0.717, 1.165) is 25.1 Å². The van der Waals surface area contributed by atoms with Crippen LogP contribution in [0.4, 0.5) is 4.39 Å². The summed E-state index contributed by atoms with van der Waals surface area (Å²) in [6.45, 7) is 6.34. The van der Waals surface area contributed by atoms with Crippen LogP contribution in [0, 0.1) is 11.7 Å². The highest BCUT2D eigenvalue weighted by Crippen LogP contribution is 2.37. The highest BCUT2D eigenvalue weighted by Gasteiger charge is 2.33. The molecule has 4 heteroatoms. The van der Waals surface area contributed by atoms with Gasteiger partial charge >= 0.3 is 0 Å². The zero-order valence-corrected chi connectivity index (χ0v) is 14.0. The molecule has 1 fully saturated rings. The molecule has 2 atom stereocenters. The number of halogens is 2. The van der Waals surface area contributed by atoms with Gasteiger partial charge in [-0.25, -0.2) is 4.39 Å². The van der Waals surface area contributed by atoms with Gasteiger partial charge in [0.15, 0.2) is 0 Å². The van der Waals surface area contributed by atoms with Crippen molar-refractivity contribution in [3.05, 3.63) is 34.6 Å². The normalized spacial score (nSPS) is 24.3. The van der Waals surface area contributed by atoms with Crippen molar-refractivity contribution in [3.8, 4) is 0 Å². The van der Waals surface area contributed by atoms with Crippen molar-refractivity contribution >= 4 is 11.6 Å². The summed E-state index contributed by atoms with van der Waals surface area (Å²) < 4.78 is 14.5. The zero-order valence-electron chi connectivity index (χ0n) is 13.2. The van der Waals surface area contributed by atoms with Crippen LogP contribution in [0.1, 0.15) is 44.7 Å². The summed E-state index contributed by atoms with van der Waals surface area (Å²) in [6, 6.07) is 5.64. The lowest BCUT2D eigenvalue weighted by molar-refractivity contribution is 0.116. The largest absolute Gasteiger partial charge is 0.319 e. The van der Waals surface area contributed by atoms with Gasteiger partial charge in [0, 0.05) is 22.7 Å². The lowest BCUT2D eigenvalue weighted by Crippen LogP contribution is -2.40. The summed E-state index contributed by atoms with van der Waals surface area (Å²) in [7, 11) is 1.97. The van der Waals surface area contributed by atoms with Crippen LogP contribution in [0.15, 0.2) is 18.2 Å². The van der Waals surface area contributed by atoms with Gasteiger partial charge < -0.3 is 5.32 Å². The Morgan fingerprint density at radius 1 is 1.38 bits per heavy atom. The molecule has 1 aromatic rings. The third-order valence-corrected chi connectivity index (χ3v) is 4.69. The number of rotatable bonds is 4. The second-order valence-corrected chi connectivity index (χ2v) is 6.69. The summed E-state index contributed by atoms with van der Waals surface area (Å²) in [5, 5.41) is 3.74. The fraction of sp³-hybridized carbons (Fsp3) is 0.647. The fourth-order valence-corrected chi connectivity index (χ4v) is 3.66. The maximum Gasteiger partial charge on any atom is 0.129 e. The Bertz CT molecular complexity index is 464. The van der Waals surface area contributed by atoms with Gasteiger partial charge in [0.25, 0.3) is 0 Å². The second-order valence-electron chi connectivity index (χ2n) is 6.26. The number of hydrogen-bond donors (Lipinski definition) is 1. The minimum atomic E-state index is -0.179. The molecule has 0 bridgehead atoms. The summed E-state index contributed by atoms with van der Waals surface area (Å²) in [6.07, 6.45) is 3.53. The first-order valence-corrected chi connectivity index (χ1v) is 8.27. The van der Waals surface area contributed by atoms with Crippen LogP contribution in [0.25, 0.3) is 0 Å². The molecule has 0 aromatic heterocycles. The maximum atomic E-state index is 14.5. The molecule has 2 unspecified atom stereocenters. The van der Waals surface area contributed by atoms with E-state index >= 15 is 0 Å². The van der Waals surface area contributed by atoms with Crippen molar-refractivity contribution in [2.45, 2.75) is 45.2 Å². The Hall–Kier alpha value is -0.640. The predicted molar refractivity (Wildman–Crippen MR) is 87.3 cm³/mol. The highest BCUT2D eigenvalue weighted by atomic mass is 35.5. The van der Waals surface area contributed by atoms with E-state index in [1.54, 1.807) is 6.07 Å². The van der Waals surface area contributed by atoms with Crippen LogP contribution in [0.3, 0.4) is 0 Å². The molecular weight excluding hydrogens is 287 g/mol. The van der Waals surface area contributed by atoms with Gasteiger partial charge in [0.1, 0.15) is 5.82 Å². The first kappa shape index (κ1) is 16.7. The molecular formula is C17H26ClFN2. The van der Waals surface area contributed by atoms with Gasteiger partial charge in [-0.3, -0.25) is 4.90 Å². The molecule has 0 aliphatic carbocycles. The molecule has 2 rings (SSSR count). The average Bonchev–Trinajstić information content (AvgIpc) is 2.62. The van der Waals surface area contributed by atoms with Crippen molar-refractivity contribution in [3.63, 3.8) is 0 Å². The van der Waals surface area contributed by atoms with Crippen molar-refractivity contribution in [1.29, 1.82) is 0 Å². The fourth-order valence-electron chi connectivity index (χ4n) is 3.50. The minimum absolute atomic E-state index is 0.122. The number of likely N-dealkylation sites (tertiary alicyclic amines) is 1. The molecule has 1 saturated heterocycles. The Kier molecular flexibility index (Phi) is 6.03. The molecule has 0 saturated carbocycles. The topological polar surface area (TPSA) is 15.3 Å². The Morgan fingerprint density at radius 2 is 2.14 bits per heavy atom. The molecule has 1 aliphatic rings. The van der Waals surface area contributed by atoms with E-state index in [1.165, 1.54) is 18.9 Å². The lowest BCUT2D eigenvalue weighted by Gasteiger charge is -2.38. The standard InChI is InChI=1S/C17H26ClFN2/c1-12(2)21-9-5-4-6-13(11-20-3)17(21)15-8-7-14(18)10-16(15)19/h7-8,10,12-13,17,20H,4-6,9,11H2,1-3H3. The van der Waals surface area contributed by atoms with Crippen LogP contribution in [0.2, 0.25) is 5.02 Å². The molecule has 1 aromatic carbocycles. The smallest absolute Gasteiger partial charge is 0.129 e. The van der Waals surface area contributed by atoms with E-state index < -0.39 is 0 Å². The van der Waals surface area contributed by atoms with Crippen LogP contribution < -0.4 is 5.32 Å². The molecule has 118 valence electrons. The number of hydrogen-bond acceptors (Lipinski definition) is 2. The van der Waals surface area contributed by atoms with E-state index in [1.807, 2.05) is 13.1 Å². The first-order chi connectivity index (χ1) is 10.0. The monoisotopic (exact) mass is 312 g/mol. The predicted octanol–water partition coefficient (Wildman–Crippen LogP) is 4.25. The third-order valence-electron chi connectivity index (χ3n) is 4.46. The summed E-state index contributed by atoms with van der Waals surface area (Å²) in [5.74, 6) is 0.247. The molecule has 1 aliphatic heterocycles. The molecule has 0 amide bonds. The van der Waals surface area contributed by atoms with Gasteiger partial charge in [0.05, 0.1) is 0 Å². The third kappa shape index (κ3) is 3.97. The molecule has 0 radical (unpaired) electrons. The van der Waals surface area contributed by atoms with E-state index in [0.29, 0.717) is 17.0 Å². The van der Waals surface area contributed by atoms with Gasteiger partial charge in [-0.2, -0.15) is 0 Å². The van der Waals surface area contributed by atoms with Crippen molar-refractivity contribution in [1.82, 2.24) is 10.2 Å². The quantitative estimate of drug-likeness (QED) is 0.894. The maximum absolute atomic E-state index is 14.5. The summed E-state index contributed by atoms with van der Waals surface area (Å²) in [4.78, 5) is 2.45. The number of benzene rings is 1. The number of nitrogens with one attached hydrogen (secondary N) is 1. The van der Waals surface area contributed by atoms with E-state index in [-0.39, 0.29) is 11.9 Å². The average molecular weight is 313 g/mol. The molecule has 2 nitrogen and oxygen atoms in total. The van der Waals surface area contributed by atoms with Crippen LogP contribution >= 0.6 is 11.6 Å². The van der Waals surface area contributed by atoms with Crippen molar-refractivity contribution in [2.24, 2.45) is 5.92 Å². The SMILES string of the molecule is CNCC1CCCCN(C(C)C)C1c1ccc(Cl)cc1F. The summed E-state index contributed by atoms with van der Waals surface area (Å²) in [5.41, 5.74) is 0.787. The zero-order chi connectivity index (χ0) is 15.4. The van der Waals surface area contributed by atoms with Crippen LogP contribution in [-0.4, -0.2) is 31.1 Å². The molecule has 1 N–H and O–H groups in total. The second kappa shape index (κ2) is 7.57. The number of nitrogens with zero attached hydrogens (tertiary/aromatic N) is 1. The summed E-state index contributed by atoms with van der Waals surface area (Å²) >= 11 is 5.92. The Labute approximate surface area is 132 Å². The van der Waals surface area contributed by atoms with Gasteiger partial charge in [-0.1, -0.05) is 24.1 Å². The first-order valence-electron chi connectivity index (χ1n) is 7.90. The molecule has 21 heavy (non-hydrogen) atoms. The highest BCUT2D eigenvalue weighted by molar-refractivity contribution is 6.30. The van der Waals surface area contributed by atoms with Gasteiger partial charge in [0.2, 0.25) is 0 Å². The van der Waals surface area contributed by atoms with E-state index in [4.69, 9.17) is 11.6 Å². The van der Waals surface area contributed by atoms with E-state index in [2.05, 4.69) is 24.1 Å². The molecule has 0 spiro atoms.